The second kappa shape index (κ2) is 6.57. The van der Waals surface area contributed by atoms with Crippen LogP contribution in [0.3, 0.4) is 0 Å². The van der Waals surface area contributed by atoms with Crippen LogP contribution in [0.4, 0.5) is 0 Å². The minimum absolute atomic E-state index is 0.592. The van der Waals surface area contributed by atoms with Crippen LogP contribution in [-0.4, -0.2) is 51.8 Å². The van der Waals surface area contributed by atoms with Crippen LogP contribution in [0.5, 0.6) is 0 Å². The molecule has 2 aromatic rings. The number of thiazole rings is 1. The molecule has 1 aliphatic heterocycles. The summed E-state index contributed by atoms with van der Waals surface area (Å²) < 4.78 is 0. The van der Waals surface area contributed by atoms with Crippen molar-refractivity contribution < 1.29 is 5.11 Å². The van der Waals surface area contributed by atoms with E-state index in [1.54, 1.807) is 29.8 Å². The van der Waals surface area contributed by atoms with E-state index in [1.807, 2.05) is 5.38 Å². The Morgan fingerprint density at radius 2 is 2.24 bits per heavy atom. The van der Waals surface area contributed by atoms with E-state index in [1.165, 1.54) is 0 Å². The molecule has 3 heterocycles. The summed E-state index contributed by atoms with van der Waals surface area (Å²) in [5, 5.41) is 19.6. The first kappa shape index (κ1) is 14.5. The summed E-state index contributed by atoms with van der Waals surface area (Å²) in [6.07, 6.45) is 5.10. The summed E-state index contributed by atoms with van der Waals surface area (Å²) in [4.78, 5) is 12.9. The summed E-state index contributed by atoms with van der Waals surface area (Å²) in [7, 11) is 0. The third-order valence-electron chi connectivity index (χ3n) is 3.54. The van der Waals surface area contributed by atoms with Crippen molar-refractivity contribution in [1.82, 2.24) is 25.6 Å². The standard InChI is InChI=1S/C14H19N5OS/c20-14(3-7-16-10-14)9-15-6-2-11-8-21-13(19-11)12-17-4-1-5-18-12/h1,4-5,8,15-16,20H,2-3,6-7,9-10H2. The van der Waals surface area contributed by atoms with E-state index >= 15 is 0 Å². The molecular weight excluding hydrogens is 286 g/mol. The molecule has 21 heavy (non-hydrogen) atoms. The van der Waals surface area contributed by atoms with E-state index in [0.717, 1.165) is 36.6 Å². The Hall–Kier alpha value is -1.41. The minimum atomic E-state index is -0.592. The maximum absolute atomic E-state index is 10.2. The number of nitrogens with zero attached hydrogens (tertiary/aromatic N) is 3. The van der Waals surface area contributed by atoms with E-state index in [9.17, 15) is 5.11 Å². The number of hydrogen-bond donors (Lipinski definition) is 3. The summed E-state index contributed by atoms with van der Waals surface area (Å²) in [5.74, 6) is 0.674. The average molecular weight is 305 g/mol. The maximum atomic E-state index is 10.2. The number of hydrogen-bond acceptors (Lipinski definition) is 7. The molecule has 7 heteroatoms. The highest BCUT2D eigenvalue weighted by molar-refractivity contribution is 7.13. The van der Waals surface area contributed by atoms with Crippen LogP contribution in [0.15, 0.2) is 23.8 Å². The quantitative estimate of drug-likeness (QED) is 0.673. The highest BCUT2D eigenvalue weighted by Crippen LogP contribution is 2.19. The van der Waals surface area contributed by atoms with Crippen LogP contribution in [0, 0.1) is 0 Å². The highest BCUT2D eigenvalue weighted by Gasteiger charge is 2.30. The second-order valence-corrected chi connectivity index (χ2v) is 6.15. The van der Waals surface area contributed by atoms with Crippen molar-refractivity contribution in [1.29, 1.82) is 0 Å². The molecule has 0 aliphatic carbocycles. The fourth-order valence-corrected chi connectivity index (χ4v) is 3.15. The van der Waals surface area contributed by atoms with Crippen molar-refractivity contribution in [3.05, 3.63) is 29.5 Å². The number of aromatic nitrogens is 3. The predicted molar refractivity (Wildman–Crippen MR) is 82.2 cm³/mol. The lowest BCUT2D eigenvalue weighted by Gasteiger charge is -2.21. The smallest absolute Gasteiger partial charge is 0.188 e. The molecule has 0 spiro atoms. The van der Waals surface area contributed by atoms with Gasteiger partial charge in [0.2, 0.25) is 0 Å². The molecule has 1 aliphatic rings. The van der Waals surface area contributed by atoms with Crippen LogP contribution >= 0.6 is 11.3 Å². The van der Waals surface area contributed by atoms with Gasteiger partial charge >= 0.3 is 0 Å². The van der Waals surface area contributed by atoms with Crippen LogP contribution < -0.4 is 10.6 Å². The van der Waals surface area contributed by atoms with Gasteiger partial charge in [0.05, 0.1) is 11.3 Å². The molecule has 1 unspecified atom stereocenters. The van der Waals surface area contributed by atoms with E-state index in [2.05, 4.69) is 25.6 Å². The van der Waals surface area contributed by atoms with Gasteiger partial charge in [-0.15, -0.1) is 11.3 Å². The molecule has 0 bridgehead atoms. The van der Waals surface area contributed by atoms with Gasteiger partial charge in [-0.2, -0.15) is 0 Å². The molecular formula is C14H19N5OS. The molecule has 2 aromatic heterocycles. The van der Waals surface area contributed by atoms with Crippen molar-refractivity contribution in [3.63, 3.8) is 0 Å². The van der Waals surface area contributed by atoms with Crippen LogP contribution in [-0.2, 0) is 6.42 Å². The van der Waals surface area contributed by atoms with Gasteiger partial charge < -0.3 is 15.7 Å². The van der Waals surface area contributed by atoms with Gasteiger partial charge in [-0.25, -0.2) is 15.0 Å². The Labute approximate surface area is 127 Å². The summed E-state index contributed by atoms with van der Waals surface area (Å²) in [6, 6.07) is 1.80. The molecule has 3 rings (SSSR count). The lowest BCUT2D eigenvalue weighted by atomic mass is 10.0. The highest BCUT2D eigenvalue weighted by atomic mass is 32.1. The van der Waals surface area contributed by atoms with Crippen molar-refractivity contribution in [2.24, 2.45) is 0 Å². The normalized spacial score (nSPS) is 21.8. The fourth-order valence-electron chi connectivity index (χ4n) is 2.35. The lowest BCUT2D eigenvalue weighted by molar-refractivity contribution is 0.0615. The maximum Gasteiger partial charge on any atom is 0.188 e. The van der Waals surface area contributed by atoms with Gasteiger partial charge in [-0.1, -0.05) is 0 Å². The lowest BCUT2D eigenvalue weighted by Crippen LogP contribution is -2.42. The van der Waals surface area contributed by atoms with Crippen molar-refractivity contribution in [2.45, 2.75) is 18.4 Å². The number of aliphatic hydroxyl groups is 1. The Morgan fingerprint density at radius 3 is 3.00 bits per heavy atom. The zero-order valence-electron chi connectivity index (χ0n) is 11.7. The van der Waals surface area contributed by atoms with Gasteiger partial charge in [0.1, 0.15) is 0 Å². The molecule has 1 saturated heterocycles. The molecule has 6 nitrogen and oxygen atoms in total. The van der Waals surface area contributed by atoms with Crippen molar-refractivity contribution in [3.8, 4) is 10.8 Å². The zero-order chi connectivity index (χ0) is 14.5. The third kappa shape index (κ3) is 3.82. The number of nitrogens with one attached hydrogen (secondary N) is 2. The van der Waals surface area contributed by atoms with Crippen LogP contribution in [0.25, 0.3) is 10.8 Å². The average Bonchev–Trinajstić information content (AvgIpc) is 3.14. The number of rotatable bonds is 6. The van der Waals surface area contributed by atoms with Crippen molar-refractivity contribution >= 4 is 11.3 Å². The largest absolute Gasteiger partial charge is 0.387 e. The van der Waals surface area contributed by atoms with E-state index < -0.39 is 5.60 Å². The topological polar surface area (TPSA) is 83.0 Å². The van der Waals surface area contributed by atoms with Crippen LogP contribution in [0.1, 0.15) is 12.1 Å². The minimum Gasteiger partial charge on any atom is -0.387 e. The van der Waals surface area contributed by atoms with Gasteiger partial charge in [-0.05, 0) is 19.0 Å². The first-order valence-corrected chi connectivity index (χ1v) is 7.99. The zero-order valence-corrected chi connectivity index (χ0v) is 12.6. The Balaban J connectivity index is 1.47. The predicted octanol–water partition coefficient (Wildman–Crippen LogP) is 0.457. The van der Waals surface area contributed by atoms with Gasteiger partial charge in [-0.3, -0.25) is 0 Å². The van der Waals surface area contributed by atoms with Crippen LogP contribution in [0.2, 0.25) is 0 Å². The van der Waals surface area contributed by atoms with E-state index in [-0.39, 0.29) is 0 Å². The first-order valence-electron chi connectivity index (χ1n) is 7.11. The first-order chi connectivity index (χ1) is 10.3. The molecule has 1 fully saturated rings. The van der Waals surface area contributed by atoms with E-state index in [0.29, 0.717) is 18.9 Å². The summed E-state index contributed by atoms with van der Waals surface area (Å²) >= 11 is 1.56. The van der Waals surface area contributed by atoms with Gasteiger partial charge in [0.15, 0.2) is 10.8 Å². The Morgan fingerprint density at radius 1 is 1.38 bits per heavy atom. The van der Waals surface area contributed by atoms with Gasteiger partial charge in [0.25, 0.3) is 0 Å². The fraction of sp³-hybridized carbons (Fsp3) is 0.500. The number of β-amino-alcohol motifs (C(OH)–C–C–N with tert-alkyl or cyclic N) is 1. The molecule has 0 amide bonds. The molecule has 1 atom stereocenters. The van der Waals surface area contributed by atoms with E-state index in [4.69, 9.17) is 0 Å². The molecule has 0 saturated carbocycles. The van der Waals surface area contributed by atoms with Crippen molar-refractivity contribution in [2.75, 3.05) is 26.2 Å². The Kier molecular flexibility index (Phi) is 4.54. The molecule has 112 valence electrons. The molecule has 0 aromatic carbocycles. The van der Waals surface area contributed by atoms with Gasteiger partial charge in [0, 0.05) is 43.8 Å². The molecule has 3 N–H and O–H groups in total. The SMILES string of the molecule is OC1(CNCCc2csc(-c3ncccn3)n2)CCNC1. The monoisotopic (exact) mass is 305 g/mol. The summed E-state index contributed by atoms with van der Waals surface area (Å²) in [6.45, 7) is 3.00. The Bertz CT molecular complexity index is 568. The second-order valence-electron chi connectivity index (χ2n) is 5.29. The third-order valence-corrected chi connectivity index (χ3v) is 4.43. The summed E-state index contributed by atoms with van der Waals surface area (Å²) in [5.41, 5.74) is 0.442. The molecule has 0 radical (unpaired) electrons.